The van der Waals surface area contributed by atoms with Crippen molar-refractivity contribution in [3.05, 3.63) is 36.9 Å². The normalized spacial score (nSPS) is 11.5. The molecule has 0 unspecified atom stereocenters. The Balaban J connectivity index is 3.06. The summed E-state index contributed by atoms with van der Waals surface area (Å²) in [5.74, 6) is 0.635. The van der Waals surface area contributed by atoms with Gasteiger partial charge in [-0.05, 0) is 24.3 Å². The Hall–Kier alpha value is -1.33. The van der Waals surface area contributed by atoms with Gasteiger partial charge in [0.25, 0.3) is 0 Å². The van der Waals surface area contributed by atoms with E-state index in [9.17, 15) is 8.42 Å². The number of likely N-dealkylation sites (N-methyl/N-ethyl adjacent to an activating group) is 1. The highest BCUT2D eigenvalue weighted by Crippen LogP contribution is 2.19. The number of rotatable bonds is 6. The molecule has 0 N–H and O–H groups in total. The predicted octanol–water partition coefficient (Wildman–Crippen LogP) is 1.89. The largest absolute Gasteiger partial charge is 0.497 e. The minimum Gasteiger partial charge on any atom is -0.497 e. The summed E-state index contributed by atoms with van der Waals surface area (Å²) in [5, 5.41) is 0. The number of hydrogen-bond acceptors (Lipinski definition) is 3. The molecule has 4 nitrogen and oxygen atoms in total. The molecular formula is C12H17NO3S. The number of sulfonamides is 1. The molecule has 5 heteroatoms. The van der Waals surface area contributed by atoms with Gasteiger partial charge in [0.15, 0.2) is 0 Å². The molecule has 0 fully saturated rings. The minimum atomic E-state index is -3.43. The third-order valence-corrected chi connectivity index (χ3v) is 4.34. The average molecular weight is 255 g/mol. The summed E-state index contributed by atoms with van der Waals surface area (Å²) in [6.07, 6.45) is 1.57. The molecule has 0 bridgehead atoms. The fourth-order valence-electron chi connectivity index (χ4n) is 1.44. The van der Waals surface area contributed by atoms with E-state index in [1.165, 1.54) is 4.31 Å². The lowest BCUT2D eigenvalue weighted by Gasteiger charge is -2.18. The molecule has 1 aromatic carbocycles. The molecule has 1 aromatic rings. The Bertz CT molecular complexity index is 465. The summed E-state index contributed by atoms with van der Waals surface area (Å²) in [4.78, 5) is 0.266. The van der Waals surface area contributed by atoms with E-state index < -0.39 is 10.0 Å². The SMILES string of the molecule is C=CCN(CC)S(=O)(=O)c1ccc(OC)cc1. The number of methoxy groups -OCH3 is 1. The zero-order chi connectivity index (χ0) is 12.9. The Kier molecular flexibility index (Phi) is 4.72. The van der Waals surface area contributed by atoms with Crippen LogP contribution in [0.1, 0.15) is 6.92 Å². The van der Waals surface area contributed by atoms with E-state index >= 15 is 0 Å². The molecule has 94 valence electrons. The van der Waals surface area contributed by atoms with Gasteiger partial charge in [-0.1, -0.05) is 13.0 Å². The first-order valence-electron chi connectivity index (χ1n) is 5.31. The molecule has 1 rings (SSSR count). The van der Waals surface area contributed by atoms with E-state index in [-0.39, 0.29) is 4.90 Å². The standard InChI is InChI=1S/C12H17NO3S/c1-4-10-13(5-2)17(14,15)12-8-6-11(16-3)7-9-12/h4,6-9H,1,5,10H2,2-3H3. The number of hydrogen-bond donors (Lipinski definition) is 0. The first-order chi connectivity index (χ1) is 8.06. The molecule has 0 heterocycles. The van der Waals surface area contributed by atoms with E-state index in [0.29, 0.717) is 18.8 Å². The average Bonchev–Trinajstić information content (AvgIpc) is 2.35. The van der Waals surface area contributed by atoms with Gasteiger partial charge < -0.3 is 4.74 Å². The van der Waals surface area contributed by atoms with E-state index in [4.69, 9.17) is 4.74 Å². The first-order valence-corrected chi connectivity index (χ1v) is 6.75. The summed E-state index contributed by atoms with van der Waals surface area (Å²) in [7, 11) is -1.89. The zero-order valence-corrected chi connectivity index (χ0v) is 10.9. The van der Waals surface area contributed by atoms with E-state index in [1.807, 2.05) is 0 Å². The van der Waals surface area contributed by atoms with Gasteiger partial charge in [-0.15, -0.1) is 6.58 Å². The monoisotopic (exact) mass is 255 g/mol. The molecule has 17 heavy (non-hydrogen) atoms. The van der Waals surface area contributed by atoms with Crippen molar-refractivity contribution in [3.8, 4) is 5.75 Å². The van der Waals surface area contributed by atoms with Crippen LogP contribution in [0, 0.1) is 0 Å². The lowest BCUT2D eigenvalue weighted by atomic mass is 10.3. The van der Waals surface area contributed by atoms with Crippen LogP contribution in [-0.2, 0) is 10.0 Å². The van der Waals surface area contributed by atoms with Crippen LogP contribution < -0.4 is 4.74 Å². The smallest absolute Gasteiger partial charge is 0.243 e. The van der Waals surface area contributed by atoms with Gasteiger partial charge in [0.05, 0.1) is 12.0 Å². The summed E-state index contributed by atoms with van der Waals surface area (Å²) in [6, 6.07) is 6.35. The van der Waals surface area contributed by atoms with E-state index in [0.717, 1.165) is 0 Å². The van der Waals surface area contributed by atoms with Crippen LogP contribution in [0.5, 0.6) is 5.75 Å². The maximum atomic E-state index is 12.2. The van der Waals surface area contributed by atoms with Crippen LogP contribution in [0.25, 0.3) is 0 Å². The second-order valence-corrected chi connectivity index (χ2v) is 5.36. The molecule has 0 amide bonds. The van der Waals surface area contributed by atoms with Crippen LogP contribution in [0.15, 0.2) is 41.8 Å². The highest BCUT2D eigenvalue weighted by atomic mass is 32.2. The third-order valence-electron chi connectivity index (χ3n) is 2.38. The van der Waals surface area contributed by atoms with Crippen LogP contribution in [0.3, 0.4) is 0 Å². The Morgan fingerprint density at radius 1 is 1.35 bits per heavy atom. The Morgan fingerprint density at radius 3 is 2.35 bits per heavy atom. The molecule has 0 saturated heterocycles. The Labute approximate surface area is 103 Å². The van der Waals surface area contributed by atoms with Crippen LogP contribution in [0.4, 0.5) is 0 Å². The van der Waals surface area contributed by atoms with Crippen molar-refractivity contribution in [1.82, 2.24) is 4.31 Å². The van der Waals surface area contributed by atoms with Gasteiger partial charge in [-0.3, -0.25) is 0 Å². The number of benzene rings is 1. The highest BCUT2D eigenvalue weighted by Gasteiger charge is 2.21. The third kappa shape index (κ3) is 3.08. The van der Waals surface area contributed by atoms with Crippen molar-refractivity contribution < 1.29 is 13.2 Å². The summed E-state index contributed by atoms with van der Waals surface area (Å²) in [6.45, 7) is 6.08. The van der Waals surface area contributed by atoms with Gasteiger partial charge in [-0.2, -0.15) is 4.31 Å². The van der Waals surface area contributed by atoms with E-state index in [1.54, 1.807) is 44.4 Å². The molecule has 0 radical (unpaired) electrons. The van der Waals surface area contributed by atoms with Gasteiger partial charge >= 0.3 is 0 Å². The van der Waals surface area contributed by atoms with Crippen molar-refractivity contribution in [1.29, 1.82) is 0 Å². The van der Waals surface area contributed by atoms with Gasteiger partial charge in [0.1, 0.15) is 5.75 Å². The fraction of sp³-hybridized carbons (Fsp3) is 0.333. The van der Waals surface area contributed by atoms with Crippen molar-refractivity contribution in [2.45, 2.75) is 11.8 Å². The lowest BCUT2D eigenvalue weighted by molar-refractivity contribution is 0.414. The maximum absolute atomic E-state index is 12.2. The molecule has 0 saturated carbocycles. The second kappa shape index (κ2) is 5.84. The molecule has 0 aliphatic carbocycles. The summed E-state index contributed by atoms with van der Waals surface area (Å²) >= 11 is 0. The van der Waals surface area contributed by atoms with Crippen molar-refractivity contribution in [2.75, 3.05) is 20.2 Å². The molecule has 0 aliphatic rings. The molecule has 0 atom stereocenters. The van der Waals surface area contributed by atoms with Crippen LogP contribution in [-0.4, -0.2) is 32.9 Å². The Morgan fingerprint density at radius 2 is 1.94 bits per heavy atom. The first kappa shape index (κ1) is 13.7. The number of ether oxygens (including phenoxy) is 1. The maximum Gasteiger partial charge on any atom is 0.243 e. The van der Waals surface area contributed by atoms with Crippen molar-refractivity contribution >= 4 is 10.0 Å². The fourth-order valence-corrected chi connectivity index (χ4v) is 2.86. The van der Waals surface area contributed by atoms with Gasteiger partial charge in [0, 0.05) is 13.1 Å². The molecule has 0 spiro atoms. The van der Waals surface area contributed by atoms with Crippen molar-refractivity contribution in [2.24, 2.45) is 0 Å². The molecule has 0 aromatic heterocycles. The summed E-state index contributed by atoms with van der Waals surface area (Å²) < 4.78 is 30.7. The predicted molar refractivity (Wildman–Crippen MR) is 67.6 cm³/mol. The number of nitrogens with zero attached hydrogens (tertiary/aromatic N) is 1. The zero-order valence-electron chi connectivity index (χ0n) is 10.1. The van der Waals surface area contributed by atoms with E-state index in [2.05, 4.69) is 6.58 Å². The quantitative estimate of drug-likeness (QED) is 0.729. The van der Waals surface area contributed by atoms with Crippen LogP contribution in [0.2, 0.25) is 0 Å². The highest BCUT2D eigenvalue weighted by molar-refractivity contribution is 7.89. The minimum absolute atomic E-state index is 0.266. The molecular weight excluding hydrogens is 238 g/mol. The second-order valence-electron chi connectivity index (χ2n) is 3.42. The topological polar surface area (TPSA) is 46.6 Å². The lowest BCUT2D eigenvalue weighted by Crippen LogP contribution is -2.30. The van der Waals surface area contributed by atoms with Gasteiger partial charge in [0.2, 0.25) is 10.0 Å². The van der Waals surface area contributed by atoms with Crippen LogP contribution >= 0.6 is 0 Å². The summed E-state index contributed by atoms with van der Waals surface area (Å²) in [5.41, 5.74) is 0. The van der Waals surface area contributed by atoms with Gasteiger partial charge in [-0.25, -0.2) is 8.42 Å². The van der Waals surface area contributed by atoms with Crippen molar-refractivity contribution in [3.63, 3.8) is 0 Å². The molecule has 0 aliphatic heterocycles.